The molecule has 2 rings (SSSR count). The Balaban J connectivity index is 2.23. The lowest BCUT2D eigenvalue weighted by Crippen LogP contribution is -2.20. The smallest absolute Gasteiger partial charge is 0.416 e. The molecular formula is C18H15F3N2O4S. The molecule has 0 saturated carbocycles. The van der Waals surface area contributed by atoms with Gasteiger partial charge in [0.1, 0.15) is 0 Å². The summed E-state index contributed by atoms with van der Waals surface area (Å²) in [7, 11) is 2.36. The van der Waals surface area contributed by atoms with Crippen molar-refractivity contribution >= 4 is 40.6 Å². The van der Waals surface area contributed by atoms with Crippen molar-refractivity contribution in [3.63, 3.8) is 0 Å². The van der Waals surface area contributed by atoms with E-state index in [1.165, 1.54) is 44.6 Å². The van der Waals surface area contributed by atoms with Crippen molar-refractivity contribution < 1.29 is 32.2 Å². The fourth-order valence-corrected chi connectivity index (χ4v) is 2.47. The molecule has 0 radical (unpaired) electrons. The minimum atomic E-state index is -4.49. The van der Waals surface area contributed by atoms with Crippen LogP contribution in [0.3, 0.4) is 0 Å². The highest BCUT2D eigenvalue weighted by molar-refractivity contribution is 7.80. The lowest BCUT2D eigenvalue weighted by Gasteiger charge is -2.14. The van der Waals surface area contributed by atoms with Gasteiger partial charge in [-0.25, -0.2) is 9.59 Å². The van der Waals surface area contributed by atoms with Crippen LogP contribution in [0.2, 0.25) is 0 Å². The number of nitrogens with one attached hydrogen (secondary N) is 2. The first-order valence-electron chi connectivity index (χ1n) is 7.71. The van der Waals surface area contributed by atoms with E-state index in [1.54, 1.807) is 0 Å². The Labute approximate surface area is 163 Å². The first-order valence-corrected chi connectivity index (χ1v) is 8.12. The molecule has 0 saturated heterocycles. The molecule has 2 aromatic rings. The summed E-state index contributed by atoms with van der Waals surface area (Å²) >= 11 is 5.09. The molecule has 0 heterocycles. The topological polar surface area (TPSA) is 76.7 Å². The van der Waals surface area contributed by atoms with Crippen molar-refractivity contribution in [2.24, 2.45) is 0 Å². The molecule has 0 fully saturated rings. The molecule has 0 atom stereocenters. The van der Waals surface area contributed by atoms with Gasteiger partial charge in [-0.3, -0.25) is 0 Å². The van der Waals surface area contributed by atoms with Gasteiger partial charge in [-0.1, -0.05) is 6.07 Å². The number of esters is 2. The van der Waals surface area contributed by atoms with Gasteiger partial charge in [0.15, 0.2) is 5.11 Å². The lowest BCUT2D eigenvalue weighted by atomic mass is 10.1. The van der Waals surface area contributed by atoms with Gasteiger partial charge in [-0.05, 0) is 48.6 Å². The number of thiocarbonyl (C=S) groups is 1. The van der Waals surface area contributed by atoms with Gasteiger partial charge in [-0.15, -0.1) is 0 Å². The number of benzene rings is 2. The Morgan fingerprint density at radius 1 is 0.893 bits per heavy atom. The van der Waals surface area contributed by atoms with Gasteiger partial charge in [0, 0.05) is 11.4 Å². The number of carbonyl (C=O) groups excluding carboxylic acids is 2. The van der Waals surface area contributed by atoms with E-state index in [0.717, 1.165) is 12.1 Å². The first kappa shape index (κ1) is 21.2. The monoisotopic (exact) mass is 412 g/mol. The van der Waals surface area contributed by atoms with E-state index in [4.69, 9.17) is 12.2 Å². The van der Waals surface area contributed by atoms with Crippen molar-refractivity contribution in [1.82, 2.24) is 0 Å². The maximum atomic E-state index is 12.8. The summed E-state index contributed by atoms with van der Waals surface area (Å²) in [5, 5.41) is 5.28. The second kappa shape index (κ2) is 8.70. The largest absolute Gasteiger partial charge is 0.465 e. The van der Waals surface area contributed by atoms with Crippen LogP contribution in [0.5, 0.6) is 0 Å². The van der Waals surface area contributed by atoms with Crippen molar-refractivity contribution in [3.05, 3.63) is 59.2 Å². The second-order valence-corrected chi connectivity index (χ2v) is 5.85. The summed E-state index contributed by atoms with van der Waals surface area (Å²) in [6.07, 6.45) is -4.49. The zero-order valence-corrected chi connectivity index (χ0v) is 15.5. The fraction of sp³-hybridized carbons (Fsp3) is 0.167. The molecule has 0 spiro atoms. The number of anilines is 2. The Bertz CT molecular complexity index is 882. The molecule has 10 heteroatoms. The van der Waals surface area contributed by atoms with Gasteiger partial charge in [0.2, 0.25) is 0 Å². The van der Waals surface area contributed by atoms with Crippen LogP contribution >= 0.6 is 12.2 Å². The third-order valence-electron chi connectivity index (χ3n) is 3.48. The summed E-state index contributed by atoms with van der Waals surface area (Å²) in [4.78, 5) is 23.6. The molecule has 0 amide bonds. The third kappa shape index (κ3) is 5.43. The zero-order valence-electron chi connectivity index (χ0n) is 14.7. The van der Waals surface area contributed by atoms with Crippen LogP contribution in [0.15, 0.2) is 42.5 Å². The molecule has 2 N–H and O–H groups in total. The van der Waals surface area contributed by atoms with Crippen LogP contribution in [-0.2, 0) is 15.7 Å². The highest BCUT2D eigenvalue weighted by Gasteiger charge is 2.30. The van der Waals surface area contributed by atoms with E-state index in [1.807, 2.05) is 0 Å². The number of methoxy groups -OCH3 is 2. The van der Waals surface area contributed by atoms with Gasteiger partial charge in [0.05, 0.1) is 30.9 Å². The maximum Gasteiger partial charge on any atom is 0.416 e. The molecule has 0 bridgehead atoms. The third-order valence-corrected chi connectivity index (χ3v) is 3.68. The van der Waals surface area contributed by atoms with Crippen molar-refractivity contribution in [3.8, 4) is 0 Å². The molecule has 2 aromatic carbocycles. The summed E-state index contributed by atoms with van der Waals surface area (Å²) < 4.78 is 47.7. The molecule has 0 unspecified atom stereocenters. The van der Waals surface area contributed by atoms with Crippen LogP contribution in [0.1, 0.15) is 26.3 Å². The number of hydrogen-bond acceptors (Lipinski definition) is 5. The maximum absolute atomic E-state index is 12.8. The number of carbonyl (C=O) groups is 2. The Morgan fingerprint density at radius 3 is 1.93 bits per heavy atom. The Hall–Kier alpha value is -3.14. The quantitative estimate of drug-likeness (QED) is 0.579. The molecular weight excluding hydrogens is 397 g/mol. The molecule has 0 aromatic heterocycles. The van der Waals surface area contributed by atoms with Crippen LogP contribution in [0.25, 0.3) is 0 Å². The average Bonchev–Trinajstić information content (AvgIpc) is 2.65. The minimum absolute atomic E-state index is 0.0443. The van der Waals surface area contributed by atoms with Crippen LogP contribution in [-0.4, -0.2) is 31.3 Å². The van der Waals surface area contributed by atoms with Crippen LogP contribution in [0, 0.1) is 0 Å². The van der Waals surface area contributed by atoms with Crippen LogP contribution < -0.4 is 10.6 Å². The number of rotatable bonds is 4. The molecule has 6 nitrogen and oxygen atoms in total. The summed E-state index contributed by atoms with van der Waals surface area (Å²) in [6.45, 7) is 0. The van der Waals surface area contributed by atoms with E-state index in [-0.39, 0.29) is 27.6 Å². The molecule has 28 heavy (non-hydrogen) atoms. The Morgan fingerprint density at radius 2 is 1.43 bits per heavy atom. The van der Waals surface area contributed by atoms with Crippen LogP contribution in [0.4, 0.5) is 24.5 Å². The van der Waals surface area contributed by atoms with E-state index in [0.29, 0.717) is 0 Å². The standard InChI is InChI=1S/C18H15F3N2O4S/c1-26-15(24)10-6-11(16(25)27-2)8-14(7-10)23-17(28)22-13-5-3-4-12(9-13)18(19,20)21/h3-9H,1-2H3,(H2,22,23,28). The molecule has 148 valence electrons. The summed E-state index contributed by atoms with van der Waals surface area (Å²) in [6, 6.07) is 8.51. The van der Waals surface area contributed by atoms with Gasteiger partial charge >= 0.3 is 18.1 Å². The van der Waals surface area contributed by atoms with Gasteiger partial charge in [0.25, 0.3) is 0 Å². The minimum Gasteiger partial charge on any atom is -0.465 e. The normalized spacial score (nSPS) is 10.8. The van der Waals surface area contributed by atoms with E-state index >= 15 is 0 Å². The number of halogens is 3. The second-order valence-electron chi connectivity index (χ2n) is 5.44. The SMILES string of the molecule is COC(=O)c1cc(NC(=S)Nc2cccc(C(F)(F)F)c2)cc(C(=O)OC)c1. The molecule has 0 aliphatic carbocycles. The highest BCUT2D eigenvalue weighted by Crippen LogP contribution is 2.30. The predicted octanol–water partition coefficient (Wildman–Crippen LogP) is 4.09. The van der Waals surface area contributed by atoms with Crippen molar-refractivity contribution in [2.45, 2.75) is 6.18 Å². The number of alkyl halides is 3. The fourth-order valence-electron chi connectivity index (χ4n) is 2.24. The zero-order chi connectivity index (χ0) is 20.9. The predicted molar refractivity (Wildman–Crippen MR) is 100 cm³/mol. The summed E-state index contributed by atoms with van der Waals surface area (Å²) in [5.41, 5.74) is -0.345. The Kier molecular flexibility index (Phi) is 6.57. The average molecular weight is 412 g/mol. The highest BCUT2D eigenvalue weighted by atomic mass is 32.1. The first-order chi connectivity index (χ1) is 13.1. The van der Waals surface area contributed by atoms with Crippen molar-refractivity contribution in [1.29, 1.82) is 0 Å². The van der Waals surface area contributed by atoms with E-state index in [2.05, 4.69) is 20.1 Å². The molecule has 0 aliphatic rings. The van der Waals surface area contributed by atoms with Gasteiger partial charge in [-0.2, -0.15) is 13.2 Å². The number of ether oxygens (including phenoxy) is 2. The number of hydrogen-bond donors (Lipinski definition) is 2. The lowest BCUT2D eigenvalue weighted by molar-refractivity contribution is -0.137. The van der Waals surface area contributed by atoms with Gasteiger partial charge < -0.3 is 20.1 Å². The van der Waals surface area contributed by atoms with E-state index in [9.17, 15) is 22.8 Å². The van der Waals surface area contributed by atoms with Crippen molar-refractivity contribution in [2.75, 3.05) is 24.9 Å². The molecule has 0 aliphatic heterocycles. The van der Waals surface area contributed by atoms with E-state index < -0.39 is 23.7 Å². The summed E-state index contributed by atoms with van der Waals surface area (Å²) in [5.74, 6) is -1.38.